The van der Waals surface area contributed by atoms with Crippen LogP contribution in [-0.4, -0.2) is 16.2 Å². The summed E-state index contributed by atoms with van der Waals surface area (Å²) < 4.78 is 0. The van der Waals surface area contributed by atoms with Crippen LogP contribution in [-0.2, 0) is 6.42 Å². The van der Waals surface area contributed by atoms with E-state index >= 15 is 0 Å². The quantitative estimate of drug-likeness (QED) is 0.763. The largest absolute Gasteiger partial charge is 0.393 e. The summed E-state index contributed by atoms with van der Waals surface area (Å²) in [6.45, 7) is 2.09. The minimum atomic E-state index is -0.140. The molecule has 0 amide bonds. The molecule has 0 saturated heterocycles. The van der Waals surface area contributed by atoms with Gasteiger partial charge < -0.3 is 5.11 Å². The summed E-state index contributed by atoms with van der Waals surface area (Å²) in [5.41, 5.74) is 0. The third-order valence-corrected chi connectivity index (χ3v) is 2.64. The van der Waals surface area contributed by atoms with Gasteiger partial charge in [-0.05, 0) is 12.8 Å². The normalized spacial score (nSPS) is 13.2. The second-order valence-corrected chi connectivity index (χ2v) is 3.89. The minimum Gasteiger partial charge on any atom is -0.393 e. The van der Waals surface area contributed by atoms with Gasteiger partial charge in [-0.15, -0.1) is 11.3 Å². The van der Waals surface area contributed by atoms with Crippen molar-refractivity contribution >= 4 is 11.3 Å². The summed E-state index contributed by atoms with van der Waals surface area (Å²) in [7, 11) is 0. The van der Waals surface area contributed by atoms with Crippen molar-refractivity contribution in [3.8, 4) is 0 Å². The number of aromatic nitrogens is 1. The van der Waals surface area contributed by atoms with Gasteiger partial charge in [-0.25, -0.2) is 4.98 Å². The highest BCUT2D eigenvalue weighted by molar-refractivity contribution is 7.09. The van der Waals surface area contributed by atoms with Crippen LogP contribution < -0.4 is 0 Å². The molecule has 0 aliphatic rings. The zero-order valence-corrected chi connectivity index (χ0v) is 8.18. The van der Waals surface area contributed by atoms with Gasteiger partial charge >= 0.3 is 0 Å². The average Bonchev–Trinajstić information content (AvgIpc) is 2.53. The first-order valence-electron chi connectivity index (χ1n) is 4.39. The molecule has 1 aromatic heterocycles. The molecule has 1 unspecified atom stereocenters. The van der Waals surface area contributed by atoms with Gasteiger partial charge in [0.25, 0.3) is 0 Å². The lowest BCUT2D eigenvalue weighted by Gasteiger charge is -2.06. The number of rotatable bonds is 5. The standard InChI is InChI=1S/C9H15NOS/c1-2-3-8(11)4-5-9-10-6-7-12-9/h6-8,11H,2-5H2,1H3. The molecule has 1 atom stereocenters. The van der Waals surface area contributed by atoms with Crippen LogP contribution in [0.15, 0.2) is 11.6 Å². The Hall–Kier alpha value is -0.410. The molecule has 1 N–H and O–H groups in total. The number of hydrogen-bond acceptors (Lipinski definition) is 3. The van der Waals surface area contributed by atoms with E-state index in [2.05, 4.69) is 11.9 Å². The van der Waals surface area contributed by atoms with E-state index in [9.17, 15) is 5.11 Å². The molecule has 0 fully saturated rings. The van der Waals surface area contributed by atoms with Crippen molar-refractivity contribution in [2.24, 2.45) is 0 Å². The summed E-state index contributed by atoms with van der Waals surface area (Å²) >= 11 is 1.66. The predicted octanol–water partition coefficient (Wildman–Crippen LogP) is 2.24. The molecular weight excluding hydrogens is 170 g/mol. The fourth-order valence-electron chi connectivity index (χ4n) is 1.14. The third kappa shape index (κ3) is 3.32. The fourth-order valence-corrected chi connectivity index (χ4v) is 1.78. The Bertz CT molecular complexity index is 198. The molecule has 0 radical (unpaired) electrons. The Kier molecular flexibility index (Phi) is 4.25. The molecule has 0 aliphatic heterocycles. The summed E-state index contributed by atoms with van der Waals surface area (Å²) in [6.07, 6.45) is 5.40. The molecule has 1 heterocycles. The number of aliphatic hydroxyl groups is 1. The molecule has 0 bridgehead atoms. The smallest absolute Gasteiger partial charge is 0.0925 e. The van der Waals surface area contributed by atoms with Crippen LogP contribution in [0.25, 0.3) is 0 Å². The maximum Gasteiger partial charge on any atom is 0.0925 e. The molecule has 3 heteroatoms. The number of hydrogen-bond donors (Lipinski definition) is 1. The van der Waals surface area contributed by atoms with E-state index in [0.717, 1.165) is 30.7 Å². The monoisotopic (exact) mass is 185 g/mol. The highest BCUT2D eigenvalue weighted by Gasteiger charge is 2.03. The van der Waals surface area contributed by atoms with E-state index in [4.69, 9.17) is 0 Å². The number of nitrogens with zero attached hydrogens (tertiary/aromatic N) is 1. The van der Waals surface area contributed by atoms with Crippen LogP contribution in [0.4, 0.5) is 0 Å². The average molecular weight is 185 g/mol. The van der Waals surface area contributed by atoms with Crippen LogP contribution in [0.2, 0.25) is 0 Å². The second kappa shape index (κ2) is 5.27. The zero-order chi connectivity index (χ0) is 8.81. The Morgan fingerprint density at radius 2 is 2.42 bits per heavy atom. The van der Waals surface area contributed by atoms with Crippen molar-refractivity contribution in [3.63, 3.8) is 0 Å². The molecule has 2 nitrogen and oxygen atoms in total. The van der Waals surface area contributed by atoms with Crippen molar-refractivity contribution in [1.82, 2.24) is 4.98 Å². The van der Waals surface area contributed by atoms with E-state index in [1.807, 2.05) is 11.6 Å². The minimum absolute atomic E-state index is 0.140. The van der Waals surface area contributed by atoms with Gasteiger partial charge in [0.05, 0.1) is 11.1 Å². The molecular formula is C9H15NOS. The van der Waals surface area contributed by atoms with Crippen LogP contribution >= 0.6 is 11.3 Å². The third-order valence-electron chi connectivity index (χ3n) is 1.80. The first kappa shape index (κ1) is 9.68. The summed E-state index contributed by atoms with van der Waals surface area (Å²) in [4.78, 5) is 4.16. The fraction of sp³-hybridized carbons (Fsp3) is 0.667. The van der Waals surface area contributed by atoms with Crippen molar-refractivity contribution < 1.29 is 5.11 Å². The van der Waals surface area contributed by atoms with Crippen LogP contribution in [0.1, 0.15) is 31.2 Å². The van der Waals surface area contributed by atoms with Gasteiger partial charge in [-0.3, -0.25) is 0 Å². The Morgan fingerprint density at radius 3 is 3.00 bits per heavy atom. The molecule has 1 rings (SSSR count). The molecule has 0 spiro atoms. The summed E-state index contributed by atoms with van der Waals surface area (Å²) in [5.74, 6) is 0. The predicted molar refractivity (Wildman–Crippen MR) is 51.3 cm³/mol. The van der Waals surface area contributed by atoms with E-state index < -0.39 is 0 Å². The van der Waals surface area contributed by atoms with Crippen molar-refractivity contribution in [1.29, 1.82) is 0 Å². The maximum absolute atomic E-state index is 9.42. The molecule has 12 heavy (non-hydrogen) atoms. The van der Waals surface area contributed by atoms with Crippen LogP contribution in [0.3, 0.4) is 0 Å². The molecule has 0 aliphatic carbocycles. The SMILES string of the molecule is CCCC(O)CCc1nccs1. The van der Waals surface area contributed by atoms with Gasteiger partial charge in [0, 0.05) is 18.0 Å². The lowest BCUT2D eigenvalue weighted by Crippen LogP contribution is -2.06. The topological polar surface area (TPSA) is 33.1 Å². The van der Waals surface area contributed by atoms with Crippen LogP contribution in [0, 0.1) is 0 Å². The Balaban J connectivity index is 2.17. The molecule has 68 valence electrons. The van der Waals surface area contributed by atoms with E-state index in [-0.39, 0.29) is 6.10 Å². The van der Waals surface area contributed by atoms with Crippen molar-refractivity contribution in [2.75, 3.05) is 0 Å². The van der Waals surface area contributed by atoms with E-state index in [0.29, 0.717) is 0 Å². The second-order valence-electron chi connectivity index (χ2n) is 2.91. The summed E-state index contributed by atoms with van der Waals surface area (Å²) in [6, 6.07) is 0. The summed E-state index contributed by atoms with van der Waals surface area (Å²) in [5, 5.41) is 12.5. The van der Waals surface area contributed by atoms with Gasteiger partial charge in [-0.2, -0.15) is 0 Å². The Labute approximate surface area is 77.3 Å². The van der Waals surface area contributed by atoms with Gasteiger partial charge in [0.15, 0.2) is 0 Å². The van der Waals surface area contributed by atoms with Crippen LogP contribution in [0.5, 0.6) is 0 Å². The Morgan fingerprint density at radius 1 is 1.58 bits per heavy atom. The zero-order valence-electron chi connectivity index (χ0n) is 7.36. The number of thiazole rings is 1. The van der Waals surface area contributed by atoms with Crippen molar-refractivity contribution in [3.05, 3.63) is 16.6 Å². The number of aryl methyl sites for hydroxylation is 1. The molecule has 0 saturated carbocycles. The van der Waals surface area contributed by atoms with Gasteiger partial charge in [-0.1, -0.05) is 13.3 Å². The van der Waals surface area contributed by atoms with E-state index in [1.165, 1.54) is 0 Å². The molecule has 1 aromatic rings. The van der Waals surface area contributed by atoms with Crippen molar-refractivity contribution in [2.45, 2.75) is 38.7 Å². The van der Waals surface area contributed by atoms with Gasteiger partial charge in [0.1, 0.15) is 0 Å². The molecule has 0 aromatic carbocycles. The number of aliphatic hydroxyl groups excluding tert-OH is 1. The first-order valence-corrected chi connectivity index (χ1v) is 5.27. The first-order chi connectivity index (χ1) is 5.83. The highest BCUT2D eigenvalue weighted by atomic mass is 32.1. The lowest BCUT2D eigenvalue weighted by molar-refractivity contribution is 0.154. The lowest BCUT2D eigenvalue weighted by atomic mass is 10.1. The highest BCUT2D eigenvalue weighted by Crippen LogP contribution is 2.10. The van der Waals surface area contributed by atoms with Gasteiger partial charge in [0.2, 0.25) is 0 Å². The van der Waals surface area contributed by atoms with E-state index in [1.54, 1.807) is 11.3 Å². The maximum atomic E-state index is 9.42.